The van der Waals surface area contributed by atoms with Gasteiger partial charge in [-0.1, -0.05) is 30.3 Å². The van der Waals surface area contributed by atoms with E-state index in [9.17, 15) is 24.4 Å². The van der Waals surface area contributed by atoms with Crippen LogP contribution in [0.15, 0.2) is 30.3 Å². The number of rotatable bonds is 9. The van der Waals surface area contributed by atoms with Crippen molar-refractivity contribution in [3.63, 3.8) is 0 Å². The Hall–Kier alpha value is -1.81. The molecule has 1 aromatic rings. The number of ketones is 1. The molecule has 0 heterocycles. The summed E-state index contributed by atoms with van der Waals surface area (Å²) >= 11 is 0. The van der Waals surface area contributed by atoms with Gasteiger partial charge in [0.2, 0.25) is 0 Å². The highest BCUT2D eigenvalue weighted by Gasteiger charge is 2.27. The van der Waals surface area contributed by atoms with Crippen LogP contribution in [0.2, 0.25) is 0 Å². The molecule has 11 heteroatoms. The van der Waals surface area contributed by atoms with Gasteiger partial charge in [0.25, 0.3) is 0 Å². The SMILES string of the molecule is O=C(NC[C@H](O)[C@@H](O)C(=O)COP(=O)(O)O)OCc1ccccc1. The molecule has 0 bridgehead atoms. The van der Waals surface area contributed by atoms with Crippen molar-refractivity contribution < 1.29 is 43.4 Å². The van der Waals surface area contributed by atoms with Gasteiger partial charge in [-0.15, -0.1) is 0 Å². The van der Waals surface area contributed by atoms with E-state index in [1.54, 1.807) is 30.3 Å². The van der Waals surface area contributed by atoms with Crippen LogP contribution in [0.25, 0.3) is 0 Å². The maximum absolute atomic E-state index is 11.4. The molecular formula is C13H18NO9P. The number of phosphoric ester groups is 1. The molecule has 1 aromatic carbocycles. The van der Waals surface area contributed by atoms with E-state index in [0.717, 1.165) is 5.56 Å². The van der Waals surface area contributed by atoms with E-state index in [1.807, 2.05) is 0 Å². The lowest BCUT2D eigenvalue weighted by atomic mass is 10.1. The minimum atomic E-state index is -4.86. The Morgan fingerprint density at radius 3 is 2.38 bits per heavy atom. The maximum Gasteiger partial charge on any atom is 0.470 e. The van der Waals surface area contributed by atoms with E-state index in [4.69, 9.17) is 14.5 Å². The first-order valence-electron chi connectivity index (χ1n) is 6.72. The number of hydrogen-bond acceptors (Lipinski definition) is 7. The van der Waals surface area contributed by atoms with Crippen molar-refractivity contribution in [2.24, 2.45) is 0 Å². The highest BCUT2D eigenvalue weighted by Crippen LogP contribution is 2.35. The van der Waals surface area contributed by atoms with E-state index in [-0.39, 0.29) is 6.61 Å². The summed E-state index contributed by atoms with van der Waals surface area (Å²) in [6, 6.07) is 8.82. The van der Waals surface area contributed by atoms with Crippen LogP contribution in [0.5, 0.6) is 0 Å². The van der Waals surface area contributed by atoms with Crippen LogP contribution in [-0.2, 0) is 25.2 Å². The molecule has 0 aliphatic carbocycles. The predicted molar refractivity (Wildman–Crippen MR) is 79.6 cm³/mol. The molecule has 0 fully saturated rings. The van der Waals surface area contributed by atoms with Gasteiger partial charge in [-0.3, -0.25) is 9.32 Å². The van der Waals surface area contributed by atoms with Crippen LogP contribution in [0.3, 0.4) is 0 Å². The average Bonchev–Trinajstić information content (AvgIpc) is 2.55. The molecule has 0 saturated carbocycles. The van der Waals surface area contributed by atoms with Crippen molar-refractivity contribution in [1.29, 1.82) is 0 Å². The molecule has 134 valence electrons. The van der Waals surface area contributed by atoms with Gasteiger partial charge in [-0.05, 0) is 5.56 Å². The third-order valence-electron chi connectivity index (χ3n) is 2.74. The van der Waals surface area contributed by atoms with E-state index < -0.39 is 45.1 Å². The van der Waals surface area contributed by atoms with Crippen LogP contribution in [0, 0.1) is 0 Å². The lowest BCUT2D eigenvalue weighted by Gasteiger charge is -2.17. The number of alkyl carbamates (subject to hydrolysis) is 1. The van der Waals surface area contributed by atoms with Gasteiger partial charge in [0.15, 0.2) is 5.78 Å². The molecule has 0 aliphatic rings. The summed E-state index contributed by atoms with van der Waals surface area (Å²) in [5.41, 5.74) is 0.748. The number of amides is 1. The van der Waals surface area contributed by atoms with Crippen LogP contribution in [0.4, 0.5) is 4.79 Å². The number of carbonyl (C=O) groups is 2. The highest BCUT2D eigenvalue weighted by molar-refractivity contribution is 7.46. The fraction of sp³-hybridized carbons (Fsp3) is 0.385. The van der Waals surface area contributed by atoms with Crippen molar-refractivity contribution in [2.45, 2.75) is 18.8 Å². The zero-order valence-electron chi connectivity index (χ0n) is 12.4. The van der Waals surface area contributed by atoms with Crippen molar-refractivity contribution in [2.75, 3.05) is 13.2 Å². The Bertz CT molecular complexity index is 588. The molecule has 0 radical (unpaired) electrons. The molecule has 0 unspecified atom stereocenters. The molecule has 10 nitrogen and oxygen atoms in total. The summed E-state index contributed by atoms with van der Waals surface area (Å²) in [5.74, 6) is -1.15. The van der Waals surface area contributed by atoms with Gasteiger partial charge in [-0.25, -0.2) is 9.36 Å². The number of phosphoric acid groups is 1. The van der Waals surface area contributed by atoms with E-state index in [2.05, 4.69) is 9.84 Å². The maximum atomic E-state index is 11.4. The quantitative estimate of drug-likeness (QED) is 0.357. The zero-order chi connectivity index (χ0) is 18.2. The Labute approximate surface area is 137 Å². The van der Waals surface area contributed by atoms with Crippen LogP contribution < -0.4 is 5.32 Å². The molecule has 24 heavy (non-hydrogen) atoms. The Balaban J connectivity index is 2.30. The van der Waals surface area contributed by atoms with Crippen molar-refractivity contribution in [3.05, 3.63) is 35.9 Å². The summed E-state index contributed by atoms with van der Waals surface area (Å²) in [6.07, 6.45) is -4.54. The number of carbonyl (C=O) groups excluding carboxylic acids is 2. The number of aliphatic hydroxyl groups is 2. The smallest absolute Gasteiger partial charge is 0.445 e. The van der Waals surface area contributed by atoms with Gasteiger partial charge in [0.1, 0.15) is 25.4 Å². The van der Waals surface area contributed by atoms with E-state index >= 15 is 0 Å². The van der Waals surface area contributed by atoms with Gasteiger partial charge < -0.3 is 30.1 Å². The summed E-state index contributed by atoms with van der Waals surface area (Å²) in [7, 11) is -4.86. The van der Waals surface area contributed by atoms with Crippen LogP contribution in [0.1, 0.15) is 5.56 Å². The number of benzene rings is 1. The average molecular weight is 363 g/mol. The van der Waals surface area contributed by atoms with Gasteiger partial charge >= 0.3 is 13.9 Å². The van der Waals surface area contributed by atoms with Crippen molar-refractivity contribution in [1.82, 2.24) is 5.32 Å². The van der Waals surface area contributed by atoms with Crippen molar-refractivity contribution >= 4 is 19.7 Å². The normalized spacial score (nSPS) is 13.8. The van der Waals surface area contributed by atoms with Gasteiger partial charge in [-0.2, -0.15) is 0 Å². The lowest BCUT2D eigenvalue weighted by molar-refractivity contribution is -0.135. The summed E-state index contributed by atoms with van der Waals surface area (Å²) in [5, 5.41) is 21.2. The molecule has 2 atom stereocenters. The first-order valence-corrected chi connectivity index (χ1v) is 8.25. The Kier molecular flexibility index (Phi) is 7.99. The molecule has 0 aliphatic heterocycles. The third-order valence-corrected chi connectivity index (χ3v) is 3.20. The predicted octanol–water partition coefficient (Wildman–Crippen LogP) is -0.687. The summed E-state index contributed by atoms with van der Waals surface area (Å²) < 4.78 is 19.2. The number of nitrogens with one attached hydrogen (secondary N) is 1. The molecule has 5 N–H and O–H groups in total. The summed E-state index contributed by atoms with van der Waals surface area (Å²) in [4.78, 5) is 39.7. The largest absolute Gasteiger partial charge is 0.470 e. The second-order valence-corrected chi connectivity index (χ2v) is 5.92. The first kappa shape index (κ1) is 20.2. The van der Waals surface area contributed by atoms with Gasteiger partial charge in [0.05, 0.1) is 0 Å². The fourth-order valence-electron chi connectivity index (χ4n) is 1.52. The number of ether oxygens (including phenoxy) is 1. The molecule has 1 rings (SSSR count). The van der Waals surface area contributed by atoms with Crippen LogP contribution in [-0.4, -0.2) is 57.2 Å². The minimum Gasteiger partial charge on any atom is -0.445 e. The topological polar surface area (TPSA) is 163 Å². The van der Waals surface area contributed by atoms with Gasteiger partial charge in [0, 0.05) is 6.54 Å². The third kappa shape index (κ3) is 8.16. The molecule has 0 spiro atoms. The zero-order valence-corrected chi connectivity index (χ0v) is 13.3. The lowest BCUT2D eigenvalue weighted by Crippen LogP contribution is -2.43. The highest BCUT2D eigenvalue weighted by atomic mass is 31.2. The van der Waals surface area contributed by atoms with E-state index in [1.165, 1.54) is 0 Å². The standard InChI is InChI=1S/C13H18NO9P/c15-10(12(17)11(16)8-23-24(19,20)21)6-14-13(18)22-7-9-4-2-1-3-5-9/h1-5,10,12,15,17H,6-8H2,(H,14,18)(H2,19,20,21)/t10-,12+/m0/s1. The summed E-state index contributed by atoms with van der Waals surface area (Å²) in [6.45, 7) is -1.59. The molecule has 0 saturated heterocycles. The van der Waals surface area contributed by atoms with Crippen LogP contribution >= 0.6 is 7.82 Å². The first-order chi connectivity index (χ1) is 11.2. The molecule has 1 amide bonds. The minimum absolute atomic E-state index is 0.000375. The second kappa shape index (κ2) is 9.48. The molecular weight excluding hydrogens is 345 g/mol. The molecule has 0 aromatic heterocycles. The number of Topliss-reactive ketones (excluding diaryl/α,β-unsaturated/α-hetero) is 1. The number of hydrogen-bond donors (Lipinski definition) is 5. The Morgan fingerprint density at radius 1 is 1.17 bits per heavy atom. The fourth-order valence-corrected chi connectivity index (χ4v) is 1.82. The monoisotopic (exact) mass is 363 g/mol. The van der Waals surface area contributed by atoms with E-state index in [0.29, 0.717) is 0 Å². The Morgan fingerprint density at radius 2 is 1.79 bits per heavy atom. The second-order valence-electron chi connectivity index (χ2n) is 4.69. The number of aliphatic hydroxyl groups excluding tert-OH is 2. The van der Waals surface area contributed by atoms with Crippen molar-refractivity contribution in [3.8, 4) is 0 Å².